The first-order valence-corrected chi connectivity index (χ1v) is 11.4. The van der Waals surface area contributed by atoms with Crippen LogP contribution in [-0.2, 0) is 5.41 Å². The van der Waals surface area contributed by atoms with Crippen molar-refractivity contribution in [2.75, 3.05) is 31.9 Å². The average molecular weight is 480 g/mol. The van der Waals surface area contributed by atoms with Crippen molar-refractivity contribution in [1.29, 1.82) is 0 Å². The Bertz CT molecular complexity index is 939. The molecule has 0 bridgehead atoms. The highest BCUT2D eigenvalue weighted by Crippen LogP contribution is 2.36. The maximum Gasteiger partial charge on any atom is 0.407 e. The summed E-state index contributed by atoms with van der Waals surface area (Å²) in [6.07, 6.45) is 3.36. The molecule has 1 saturated carbocycles. The number of aromatic nitrogens is 4. The van der Waals surface area contributed by atoms with Gasteiger partial charge in [0.1, 0.15) is 16.2 Å². The van der Waals surface area contributed by atoms with E-state index in [1.807, 2.05) is 4.68 Å². The highest BCUT2D eigenvalue weighted by Gasteiger charge is 2.32. The fraction of sp³-hybridized carbons (Fsp3) is 0.700. The van der Waals surface area contributed by atoms with E-state index in [9.17, 15) is 4.79 Å². The number of hydrogen-bond acceptors (Lipinski definition) is 6. The molecular weight excluding hydrogens is 450 g/mol. The Hall–Kier alpha value is -1.94. The van der Waals surface area contributed by atoms with Gasteiger partial charge in [0.2, 0.25) is 0 Å². The van der Waals surface area contributed by atoms with Crippen LogP contribution in [0, 0.1) is 0 Å². The molecule has 2 fully saturated rings. The molecule has 1 amide bonds. The molecule has 1 saturated heterocycles. The number of rotatable bonds is 2. The second-order valence-electron chi connectivity index (χ2n) is 9.38. The van der Waals surface area contributed by atoms with Crippen LogP contribution in [0.5, 0.6) is 0 Å². The predicted molar refractivity (Wildman–Crippen MR) is 119 cm³/mol. The molecule has 9 nitrogen and oxygen atoms in total. The van der Waals surface area contributed by atoms with Gasteiger partial charge < -0.3 is 15.7 Å². The van der Waals surface area contributed by atoms with Crippen molar-refractivity contribution in [3.8, 4) is 0 Å². The summed E-state index contributed by atoms with van der Waals surface area (Å²) >= 11 is 3.55. The maximum atomic E-state index is 11.1. The molecule has 0 spiro atoms. The summed E-state index contributed by atoms with van der Waals surface area (Å²) in [5, 5.41) is 14.7. The quantitative estimate of drug-likeness (QED) is 0.679. The number of nitrogens with two attached hydrogens (primary N) is 1. The Balaban J connectivity index is 1.50. The summed E-state index contributed by atoms with van der Waals surface area (Å²) in [5.74, 6) is 1.19. The van der Waals surface area contributed by atoms with Gasteiger partial charge in [-0.15, -0.1) is 0 Å². The van der Waals surface area contributed by atoms with Crippen LogP contribution in [-0.4, -0.2) is 73.0 Å². The number of carbonyl (C=O) groups is 1. The van der Waals surface area contributed by atoms with Gasteiger partial charge >= 0.3 is 6.09 Å². The van der Waals surface area contributed by atoms with Gasteiger partial charge in [0, 0.05) is 37.6 Å². The summed E-state index contributed by atoms with van der Waals surface area (Å²) in [4.78, 5) is 24.4. The minimum Gasteiger partial charge on any atom is -0.465 e. The second kappa shape index (κ2) is 7.96. The molecular formula is C20H30BrN7O2. The number of fused-ring (bicyclic) bond motifs is 1. The van der Waals surface area contributed by atoms with E-state index in [0.29, 0.717) is 29.6 Å². The van der Waals surface area contributed by atoms with Gasteiger partial charge in [-0.05, 0) is 41.6 Å². The second-order valence-corrected chi connectivity index (χ2v) is 10.1. The SMILES string of the molecule is CC(C)(C)c1nc(N)c2c(Br)nn(C3CCC(N4CCN(C(=O)O)CC4)CC3)c2n1. The number of carboxylic acid groups (broad SMARTS) is 1. The molecule has 1 aliphatic carbocycles. The number of piperazine rings is 1. The molecule has 2 aliphatic rings. The number of amides is 1. The third kappa shape index (κ3) is 3.99. The van der Waals surface area contributed by atoms with Gasteiger partial charge in [-0.3, -0.25) is 4.90 Å². The van der Waals surface area contributed by atoms with Crippen molar-refractivity contribution < 1.29 is 9.90 Å². The number of nitrogen functional groups attached to an aromatic ring is 1. The van der Waals surface area contributed by atoms with E-state index in [2.05, 4.69) is 46.6 Å². The Morgan fingerprint density at radius 3 is 2.23 bits per heavy atom. The van der Waals surface area contributed by atoms with E-state index in [1.54, 1.807) is 0 Å². The molecule has 164 valence electrons. The fourth-order valence-corrected chi connectivity index (χ4v) is 5.11. The topological polar surface area (TPSA) is 113 Å². The van der Waals surface area contributed by atoms with E-state index in [1.165, 1.54) is 4.90 Å². The Kier molecular flexibility index (Phi) is 5.65. The van der Waals surface area contributed by atoms with Crippen LogP contribution in [0.3, 0.4) is 0 Å². The highest BCUT2D eigenvalue weighted by atomic mass is 79.9. The maximum absolute atomic E-state index is 11.1. The Morgan fingerprint density at radius 2 is 1.67 bits per heavy atom. The first kappa shape index (κ1) is 21.3. The van der Waals surface area contributed by atoms with Gasteiger partial charge in [0.05, 0.1) is 11.4 Å². The van der Waals surface area contributed by atoms with Crippen molar-refractivity contribution >= 4 is 38.9 Å². The van der Waals surface area contributed by atoms with Gasteiger partial charge in [-0.1, -0.05) is 20.8 Å². The van der Waals surface area contributed by atoms with Gasteiger partial charge in [-0.25, -0.2) is 19.4 Å². The third-order valence-electron chi connectivity index (χ3n) is 6.32. The monoisotopic (exact) mass is 479 g/mol. The molecule has 3 heterocycles. The molecule has 0 radical (unpaired) electrons. The van der Waals surface area contributed by atoms with E-state index < -0.39 is 6.09 Å². The number of halogens is 1. The largest absolute Gasteiger partial charge is 0.465 e. The molecule has 3 N–H and O–H groups in total. The van der Waals surface area contributed by atoms with Crippen molar-refractivity contribution in [1.82, 2.24) is 29.5 Å². The highest BCUT2D eigenvalue weighted by molar-refractivity contribution is 9.10. The molecule has 0 aromatic carbocycles. The third-order valence-corrected chi connectivity index (χ3v) is 6.88. The van der Waals surface area contributed by atoms with Crippen molar-refractivity contribution in [2.24, 2.45) is 0 Å². The summed E-state index contributed by atoms with van der Waals surface area (Å²) in [7, 11) is 0. The number of hydrogen-bond donors (Lipinski definition) is 2. The van der Waals surface area contributed by atoms with Crippen LogP contribution in [0.25, 0.3) is 11.0 Å². The minimum atomic E-state index is -0.814. The lowest BCUT2D eigenvalue weighted by Crippen LogP contribution is -2.52. The van der Waals surface area contributed by atoms with Crippen LogP contribution >= 0.6 is 15.9 Å². The van der Waals surface area contributed by atoms with Crippen LogP contribution in [0.15, 0.2) is 4.60 Å². The van der Waals surface area contributed by atoms with Gasteiger partial charge in [-0.2, -0.15) is 5.10 Å². The van der Waals surface area contributed by atoms with Gasteiger partial charge in [0.15, 0.2) is 5.65 Å². The van der Waals surface area contributed by atoms with E-state index in [0.717, 1.165) is 55.6 Å². The predicted octanol–water partition coefficient (Wildman–Crippen LogP) is 3.25. The molecule has 0 atom stereocenters. The smallest absolute Gasteiger partial charge is 0.407 e. The fourth-order valence-electron chi connectivity index (χ4n) is 4.56. The van der Waals surface area contributed by atoms with Crippen LogP contribution in [0.4, 0.5) is 10.6 Å². The van der Waals surface area contributed by atoms with Crippen molar-refractivity contribution in [3.63, 3.8) is 0 Å². The van der Waals surface area contributed by atoms with Crippen LogP contribution < -0.4 is 5.73 Å². The first-order chi connectivity index (χ1) is 14.1. The molecule has 0 unspecified atom stereocenters. The normalized spacial score (nSPS) is 23.8. The zero-order valence-corrected chi connectivity index (χ0v) is 19.4. The lowest BCUT2D eigenvalue weighted by Gasteiger charge is -2.41. The minimum absolute atomic E-state index is 0.195. The molecule has 4 rings (SSSR count). The molecule has 10 heteroatoms. The number of nitrogens with zero attached hydrogens (tertiary/aromatic N) is 6. The molecule has 2 aromatic heterocycles. The van der Waals surface area contributed by atoms with Crippen molar-refractivity contribution in [2.45, 2.75) is 64.0 Å². The summed E-state index contributed by atoms with van der Waals surface area (Å²) in [5.41, 5.74) is 6.87. The average Bonchev–Trinajstić information content (AvgIpc) is 3.04. The lowest BCUT2D eigenvalue weighted by molar-refractivity contribution is 0.0671. The summed E-state index contributed by atoms with van der Waals surface area (Å²) in [6.45, 7) is 9.07. The lowest BCUT2D eigenvalue weighted by atomic mass is 9.90. The van der Waals surface area contributed by atoms with E-state index in [-0.39, 0.29) is 11.5 Å². The summed E-state index contributed by atoms with van der Waals surface area (Å²) in [6, 6.07) is 0.782. The number of anilines is 1. The molecule has 30 heavy (non-hydrogen) atoms. The van der Waals surface area contributed by atoms with E-state index >= 15 is 0 Å². The van der Waals surface area contributed by atoms with Crippen LogP contribution in [0.2, 0.25) is 0 Å². The Labute approximate surface area is 184 Å². The molecule has 2 aromatic rings. The van der Waals surface area contributed by atoms with Gasteiger partial charge in [0.25, 0.3) is 0 Å². The molecule has 1 aliphatic heterocycles. The van der Waals surface area contributed by atoms with Crippen molar-refractivity contribution in [3.05, 3.63) is 10.4 Å². The zero-order valence-electron chi connectivity index (χ0n) is 17.8. The first-order valence-electron chi connectivity index (χ1n) is 10.6. The van der Waals surface area contributed by atoms with E-state index in [4.69, 9.17) is 20.9 Å². The Morgan fingerprint density at radius 1 is 1.07 bits per heavy atom. The zero-order chi connectivity index (χ0) is 21.6. The standard InChI is InChI=1S/C20H30BrN7O2/c1-20(2,3)18-23-16(22)14-15(21)25-28(17(14)24-18)13-6-4-12(5-7-13)26-8-10-27(11-9-26)19(29)30/h12-13H,4-11H2,1-3H3,(H,29,30)(H2,22,23,24). The van der Waals surface area contributed by atoms with Crippen LogP contribution in [0.1, 0.15) is 58.3 Å². The summed E-state index contributed by atoms with van der Waals surface area (Å²) < 4.78 is 2.73.